The van der Waals surface area contributed by atoms with Gasteiger partial charge < -0.3 is 30.6 Å². The number of hydrogen-bond donors (Lipinski definition) is 6. The average Bonchev–Trinajstić information content (AvgIpc) is 0.786. The molecule has 90 heavy (non-hydrogen) atoms. The Kier molecular flexibility index (Phi) is 27.3. The van der Waals surface area contributed by atoms with Gasteiger partial charge in [-0.2, -0.15) is 65.9 Å². The number of halogens is 15. The molecule has 0 aliphatic heterocycles. The SMILES string of the molecule is CC(C)(C)c1cc(C(C)(O)C(F)(F)F)cc(C(C)(O)C(F)(F)F)c1.CC(C)(C)c1ccc(C(C)(C)O)cc1.CC(C)(C)c1cccc(C(C)(O)C(F)(F)F)c1.CC(C)(C)c1ccccc1.CC(C)(C)c1ccccc1C(C)(O)C(F)(F)F.CC(C)(O)C(F)(F)F. The normalized spacial score (nSPS) is 15.9. The van der Waals surface area contributed by atoms with Crippen LogP contribution in [0.4, 0.5) is 65.9 Å². The maximum Gasteiger partial charge on any atom is 0.421 e. The molecule has 4 unspecified atom stereocenters. The average molecular weight is 1310 g/mol. The molecule has 0 radical (unpaired) electrons. The van der Waals surface area contributed by atoms with E-state index < -0.39 is 86.4 Å². The van der Waals surface area contributed by atoms with Gasteiger partial charge in [-0.25, -0.2) is 0 Å². The summed E-state index contributed by atoms with van der Waals surface area (Å²) in [6.45, 7) is 36.7. The summed E-state index contributed by atoms with van der Waals surface area (Å²) in [4.78, 5) is 0. The Bertz CT molecular complexity index is 2900. The minimum absolute atomic E-state index is 0.0833. The van der Waals surface area contributed by atoms with Crippen molar-refractivity contribution in [1.82, 2.24) is 0 Å². The fourth-order valence-corrected chi connectivity index (χ4v) is 7.43. The number of rotatable bonds is 5. The maximum atomic E-state index is 13.1. The van der Waals surface area contributed by atoms with Crippen LogP contribution in [-0.2, 0) is 55.1 Å². The zero-order valence-corrected chi connectivity index (χ0v) is 55.9. The first-order valence-corrected chi connectivity index (χ1v) is 28.5. The molecule has 0 fully saturated rings. The van der Waals surface area contributed by atoms with Crippen molar-refractivity contribution in [3.63, 3.8) is 0 Å². The van der Waals surface area contributed by atoms with Gasteiger partial charge in [0.1, 0.15) is 0 Å². The molecule has 0 amide bonds. The molecule has 0 heterocycles. The highest BCUT2D eigenvalue weighted by molar-refractivity contribution is 5.41. The van der Waals surface area contributed by atoms with Gasteiger partial charge in [0.2, 0.25) is 0 Å². The van der Waals surface area contributed by atoms with Crippen molar-refractivity contribution in [1.29, 1.82) is 0 Å². The van der Waals surface area contributed by atoms with Crippen molar-refractivity contribution in [2.24, 2.45) is 0 Å². The molecule has 4 atom stereocenters. The van der Waals surface area contributed by atoms with Crippen LogP contribution in [-0.4, -0.2) is 67.1 Å². The maximum absolute atomic E-state index is 13.1. The van der Waals surface area contributed by atoms with E-state index in [0.717, 1.165) is 37.1 Å². The van der Waals surface area contributed by atoms with Gasteiger partial charge in [0.05, 0.1) is 5.60 Å². The molecule has 0 bridgehead atoms. The van der Waals surface area contributed by atoms with Crippen LogP contribution in [0.3, 0.4) is 0 Å². The first-order chi connectivity index (χ1) is 39.3. The highest BCUT2D eigenvalue weighted by Gasteiger charge is 2.56. The minimum atomic E-state index is -5.09. The molecule has 6 nitrogen and oxygen atoms in total. The number of aliphatic hydroxyl groups is 6. The highest BCUT2D eigenvalue weighted by Crippen LogP contribution is 2.46. The van der Waals surface area contributed by atoms with E-state index in [1.165, 1.54) is 41.5 Å². The summed E-state index contributed by atoms with van der Waals surface area (Å²) in [7, 11) is 0. The van der Waals surface area contributed by atoms with Gasteiger partial charge >= 0.3 is 30.9 Å². The number of benzene rings is 5. The van der Waals surface area contributed by atoms with Gasteiger partial charge in [-0.15, -0.1) is 0 Å². The van der Waals surface area contributed by atoms with Crippen molar-refractivity contribution in [2.75, 3.05) is 0 Å². The predicted octanol–water partition coefficient (Wildman–Crippen LogP) is 19.5. The third-order valence-electron chi connectivity index (χ3n) is 14.5. The topological polar surface area (TPSA) is 121 Å². The summed E-state index contributed by atoms with van der Waals surface area (Å²) < 4.78 is 189. The van der Waals surface area contributed by atoms with Crippen LogP contribution in [0.1, 0.15) is 215 Å². The first kappa shape index (κ1) is 84.8. The second-order valence-electron chi connectivity index (χ2n) is 29.0. The Morgan fingerprint density at radius 1 is 0.211 bits per heavy atom. The van der Waals surface area contributed by atoms with Gasteiger partial charge in [-0.3, -0.25) is 0 Å². The second kappa shape index (κ2) is 29.0. The number of alkyl halides is 15. The zero-order chi connectivity index (χ0) is 71.9. The van der Waals surface area contributed by atoms with E-state index in [1.807, 2.05) is 53.7 Å². The van der Waals surface area contributed by atoms with Gasteiger partial charge in [0.15, 0.2) is 28.0 Å². The smallest absolute Gasteiger partial charge is 0.386 e. The molecule has 21 heteroatoms. The van der Waals surface area contributed by atoms with E-state index in [0.29, 0.717) is 44.7 Å². The molecule has 5 rings (SSSR count). The summed E-state index contributed by atoms with van der Waals surface area (Å²) in [5.41, 5.74) is -13.4. The summed E-state index contributed by atoms with van der Waals surface area (Å²) in [6, 6.07) is 33.4. The molecular weight excluding hydrogens is 1210 g/mol. The molecule has 512 valence electrons. The van der Waals surface area contributed by atoms with Crippen LogP contribution in [0.15, 0.2) is 121 Å². The van der Waals surface area contributed by atoms with Crippen molar-refractivity contribution in [3.05, 3.63) is 177 Å². The lowest BCUT2D eigenvalue weighted by atomic mass is 9.78. The van der Waals surface area contributed by atoms with E-state index in [2.05, 4.69) is 84.0 Å². The lowest BCUT2D eigenvalue weighted by Crippen LogP contribution is -2.42. The lowest BCUT2D eigenvalue weighted by Gasteiger charge is -2.33. The van der Waals surface area contributed by atoms with Gasteiger partial charge in [0.25, 0.3) is 0 Å². The van der Waals surface area contributed by atoms with E-state index in [4.69, 9.17) is 5.11 Å². The Morgan fingerprint density at radius 3 is 0.733 bits per heavy atom. The molecule has 0 aromatic heterocycles. The van der Waals surface area contributed by atoms with Gasteiger partial charge in [-0.05, 0) is 144 Å². The summed E-state index contributed by atoms with van der Waals surface area (Å²) in [6.07, 6.45) is -24.1. The third kappa shape index (κ3) is 24.4. The van der Waals surface area contributed by atoms with Crippen LogP contribution in [0.5, 0.6) is 0 Å². The molecule has 5 aromatic carbocycles. The Balaban J connectivity index is 0.00000109. The molecular formula is C69H95F15O6. The van der Waals surface area contributed by atoms with Gasteiger partial charge in [0, 0.05) is 0 Å². The Morgan fingerprint density at radius 2 is 0.456 bits per heavy atom. The first-order valence-electron chi connectivity index (χ1n) is 28.5. The van der Waals surface area contributed by atoms with Crippen molar-refractivity contribution >= 4 is 0 Å². The van der Waals surface area contributed by atoms with Crippen LogP contribution in [0.25, 0.3) is 0 Å². The molecule has 0 aliphatic rings. The van der Waals surface area contributed by atoms with Crippen molar-refractivity contribution < 1.29 is 96.5 Å². The van der Waals surface area contributed by atoms with E-state index in [1.54, 1.807) is 52.8 Å². The number of hydrogen-bond acceptors (Lipinski definition) is 6. The molecule has 5 aromatic rings. The van der Waals surface area contributed by atoms with Crippen LogP contribution >= 0.6 is 0 Å². The minimum Gasteiger partial charge on any atom is -0.386 e. The third-order valence-corrected chi connectivity index (χ3v) is 14.5. The van der Waals surface area contributed by atoms with E-state index >= 15 is 0 Å². The molecule has 6 N–H and O–H groups in total. The Labute approximate surface area is 522 Å². The second-order valence-corrected chi connectivity index (χ2v) is 29.0. The van der Waals surface area contributed by atoms with E-state index in [-0.39, 0.29) is 27.5 Å². The molecule has 0 saturated heterocycles. The highest BCUT2D eigenvalue weighted by atomic mass is 19.4. The Hall–Kier alpha value is -5.19. The van der Waals surface area contributed by atoms with Crippen LogP contribution in [0, 0.1) is 0 Å². The molecule has 0 aliphatic carbocycles. The van der Waals surface area contributed by atoms with E-state index in [9.17, 15) is 91.4 Å². The standard InChI is InChI=1S/C16H20F6O2.2C13H17F3O.C13H20O.C10H14.C4H7F3O/c1-12(2,3)9-6-10(13(4,23)15(17,18)19)8-11(7-9)14(5,24)16(20,21)22;1-11(2,3)9-6-5-7-10(8-9)12(4,17)13(14,15)16;1-11(2,3)9-7-5-6-8-10(9)12(4,17)13(14,15)16;1-12(2,3)10-6-8-11(9-7-10)13(4,5)14;1-10(2,3)9-7-5-4-6-8-9;1-3(2,8)4(5,6)7/h6-8,23-24H,1-5H3;2*5-8,17H,1-4H3;6-9,14H,1-5H3;4-8H,1-3H3;8H,1-2H3. The molecule has 0 saturated carbocycles. The fraction of sp³-hybridized carbons (Fsp3) is 0.565. The summed E-state index contributed by atoms with van der Waals surface area (Å²) in [5, 5.41) is 57.0. The monoisotopic (exact) mass is 1300 g/mol. The largest absolute Gasteiger partial charge is 0.421 e. The fourth-order valence-electron chi connectivity index (χ4n) is 7.43. The zero-order valence-electron chi connectivity index (χ0n) is 55.9. The summed E-state index contributed by atoms with van der Waals surface area (Å²) >= 11 is 0. The van der Waals surface area contributed by atoms with Crippen LogP contribution in [0.2, 0.25) is 0 Å². The summed E-state index contributed by atoms with van der Waals surface area (Å²) in [5.74, 6) is 0. The van der Waals surface area contributed by atoms with Crippen molar-refractivity contribution in [3.8, 4) is 0 Å². The lowest BCUT2D eigenvalue weighted by molar-refractivity contribution is -0.261. The predicted molar refractivity (Wildman–Crippen MR) is 326 cm³/mol. The van der Waals surface area contributed by atoms with Gasteiger partial charge in [-0.1, -0.05) is 219 Å². The van der Waals surface area contributed by atoms with Crippen molar-refractivity contribution in [2.45, 2.75) is 251 Å². The van der Waals surface area contributed by atoms with Crippen LogP contribution < -0.4 is 0 Å². The molecule has 0 spiro atoms. The quantitative estimate of drug-likeness (QED) is 0.0975.